The van der Waals surface area contributed by atoms with E-state index in [2.05, 4.69) is 71.4 Å². The Morgan fingerprint density at radius 2 is 0.956 bits per heavy atom. The van der Waals surface area contributed by atoms with Gasteiger partial charge >= 0.3 is 18.2 Å². The van der Waals surface area contributed by atoms with Gasteiger partial charge in [0.05, 0.1) is 37.5 Å². The molecule has 0 aliphatic carbocycles. The fourth-order valence-electron chi connectivity index (χ4n) is 5.89. The van der Waals surface area contributed by atoms with Crippen molar-refractivity contribution in [2.24, 2.45) is 22.0 Å². The highest BCUT2D eigenvalue weighted by Crippen LogP contribution is 2.40. The topological polar surface area (TPSA) is 157 Å². The van der Waals surface area contributed by atoms with Gasteiger partial charge in [-0.1, -0.05) is 76.9 Å². The number of alkyl halides is 3. The second kappa shape index (κ2) is 23.1. The van der Waals surface area contributed by atoms with Crippen molar-refractivity contribution in [1.29, 1.82) is 0 Å². The van der Waals surface area contributed by atoms with Gasteiger partial charge in [-0.2, -0.15) is 33.1 Å². The molecule has 12 nitrogen and oxygen atoms in total. The third-order valence-electron chi connectivity index (χ3n) is 9.99. The Labute approximate surface area is 412 Å². The van der Waals surface area contributed by atoms with E-state index in [0.717, 1.165) is 30.7 Å². The molecule has 6 aromatic rings. The van der Waals surface area contributed by atoms with Crippen molar-refractivity contribution in [2.45, 2.75) is 81.0 Å². The van der Waals surface area contributed by atoms with E-state index in [9.17, 15) is 18.0 Å². The van der Waals surface area contributed by atoms with E-state index in [-0.39, 0.29) is 53.9 Å². The maximum atomic E-state index is 13.2. The van der Waals surface area contributed by atoms with Crippen molar-refractivity contribution in [2.75, 3.05) is 27.4 Å². The van der Waals surface area contributed by atoms with Crippen LogP contribution in [0.15, 0.2) is 84.9 Å². The number of hydrogen-bond donors (Lipinski definition) is 1. The molecule has 6 rings (SSSR count). The average molecular weight is 999 g/mol. The number of aromatic nitrogens is 6. The van der Waals surface area contributed by atoms with Crippen molar-refractivity contribution in [3.63, 3.8) is 0 Å². The van der Waals surface area contributed by atoms with Gasteiger partial charge in [0.15, 0.2) is 23.3 Å². The van der Waals surface area contributed by atoms with Gasteiger partial charge in [0.25, 0.3) is 0 Å². The van der Waals surface area contributed by atoms with Crippen LogP contribution in [0.5, 0.6) is 23.5 Å². The largest absolute Gasteiger partial charge is 0.493 e. The number of Topliss-reactive ketones (excluding diaryl/α,β-unsaturated/α-hetero) is 1. The summed E-state index contributed by atoms with van der Waals surface area (Å²) >= 11 is 12.8. The molecule has 2 N–H and O–H groups in total. The minimum atomic E-state index is -4.62. The highest BCUT2D eigenvalue weighted by atomic mass is 35.5. The van der Waals surface area contributed by atoms with Crippen LogP contribution in [0, 0.1) is 16.2 Å². The standard InChI is InChI=1S/C28H31ClF3N3O3.C22H25ClN4O2.ClH/c1-26(2,3)16-38-19-11-9-18(10-12-19)23-33-24(35-25(34-23)37-6)20-15-17(7-13-21(20)29)8-14-22(36)27(4,5)28(30,31)32;1-22(2,3)13-29-16-8-6-15(7-9-16)19-25-20(27-21(26-19)28-4)17-11-14(12-24)5-10-18(17)23;/h7,9-13,15H,8,14,16H2,1-6H3;5-11H,12-13,24H2,1-4H3;1H. The smallest absolute Gasteiger partial charge is 0.400 e. The molecule has 0 saturated carbocycles. The van der Waals surface area contributed by atoms with E-state index in [0.29, 0.717) is 75.3 Å². The quantitative estimate of drug-likeness (QED) is 0.104. The number of rotatable bonds is 15. The molecule has 0 unspecified atom stereocenters. The second-order valence-electron chi connectivity index (χ2n) is 18.6. The molecule has 364 valence electrons. The molecule has 18 heteroatoms. The predicted molar refractivity (Wildman–Crippen MR) is 263 cm³/mol. The number of carbonyl (C=O) groups excluding carboxylic acids is 1. The molecule has 0 saturated heterocycles. The minimum absolute atomic E-state index is 0. The van der Waals surface area contributed by atoms with Crippen LogP contribution in [0.1, 0.15) is 72.9 Å². The van der Waals surface area contributed by atoms with Gasteiger partial charge in [0, 0.05) is 35.2 Å². The molecule has 68 heavy (non-hydrogen) atoms. The van der Waals surface area contributed by atoms with E-state index in [1.807, 2.05) is 60.7 Å². The van der Waals surface area contributed by atoms with Gasteiger partial charge in [0.2, 0.25) is 0 Å². The maximum absolute atomic E-state index is 13.2. The van der Waals surface area contributed by atoms with Crippen LogP contribution in [0.4, 0.5) is 13.2 Å². The SMILES string of the molecule is COc1nc(-c2ccc(OCC(C)(C)C)cc2)nc(-c2cc(CCC(=O)C(C)(C)C(F)(F)F)ccc2Cl)n1.COc1nc(-c2ccc(OCC(C)(C)C)cc2)nc(-c2cc(CN)ccc2Cl)n1.Cl. The summed E-state index contributed by atoms with van der Waals surface area (Å²) in [6.45, 7) is 16.0. The van der Waals surface area contributed by atoms with Gasteiger partial charge < -0.3 is 24.7 Å². The third kappa shape index (κ3) is 15.2. The number of nitrogens with zero attached hydrogens (tertiary/aromatic N) is 6. The molecule has 0 radical (unpaired) electrons. The lowest BCUT2D eigenvalue weighted by Crippen LogP contribution is -2.39. The summed E-state index contributed by atoms with van der Waals surface area (Å²) in [5.41, 5.74) is 7.64. The van der Waals surface area contributed by atoms with Crippen LogP contribution in [-0.4, -0.2) is 69.3 Å². The zero-order valence-electron chi connectivity index (χ0n) is 39.7. The number of ether oxygens (including phenoxy) is 4. The molecule has 0 bridgehead atoms. The molecule has 0 atom stereocenters. The first-order valence-corrected chi connectivity index (χ1v) is 22.1. The van der Waals surface area contributed by atoms with Crippen LogP contribution < -0.4 is 24.7 Å². The fraction of sp³-hybridized carbons (Fsp3) is 0.380. The summed E-state index contributed by atoms with van der Waals surface area (Å²) in [5.74, 6) is 2.11. The van der Waals surface area contributed by atoms with Crippen molar-refractivity contribution in [3.05, 3.63) is 106 Å². The number of benzene rings is 4. The Kier molecular flexibility index (Phi) is 18.7. The lowest BCUT2D eigenvalue weighted by atomic mass is 9.84. The van der Waals surface area contributed by atoms with Crippen molar-refractivity contribution in [1.82, 2.24) is 29.9 Å². The van der Waals surface area contributed by atoms with E-state index in [1.165, 1.54) is 14.2 Å². The minimum Gasteiger partial charge on any atom is -0.493 e. The molecule has 0 amide bonds. The summed E-state index contributed by atoms with van der Waals surface area (Å²) in [5, 5.41) is 0.869. The summed E-state index contributed by atoms with van der Waals surface area (Å²) in [4.78, 5) is 38.9. The zero-order chi connectivity index (χ0) is 49.3. The van der Waals surface area contributed by atoms with Gasteiger partial charge in [-0.25, -0.2) is 9.97 Å². The normalized spacial score (nSPS) is 11.8. The van der Waals surface area contributed by atoms with Crippen LogP contribution in [0.3, 0.4) is 0 Å². The van der Waals surface area contributed by atoms with Crippen molar-refractivity contribution in [3.8, 4) is 69.1 Å². The third-order valence-corrected chi connectivity index (χ3v) is 10.6. The van der Waals surface area contributed by atoms with Crippen LogP contribution in [-0.2, 0) is 17.8 Å². The first kappa shape index (κ1) is 55.0. The molecule has 0 fully saturated rings. The lowest BCUT2D eigenvalue weighted by molar-refractivity contribution is -0.210. The monoisotopic (exact) mass is 997 g/mol. The van der Waals surface area contributed by atoms with Crippen molar-refractivity contribution >= 4 is 41.4 Å². The van der Waals surface area contributed by atoms with Gasteiger partial charge in [0.1, 0.15) is 22.7 Å². The summed E-state index contributed by atoms with van der Waals surface area (Å²) < 4.78 is 61.9. The predicted octanol–water partition coefficient (Wildman–Crippen LogP) is 12.6. The van der Waals surface area contributed by atoms with Crippen molar-refractivity contribution < 1.29 is 36.9 Å². The lowest BCUT2D eigenvalue weighted by Gasteiger charge is -2.26. The number of methoxy groups -OCH3 is 2. The van der Waals surface area contributed by atoms with E-state index in [1.54, 1.807) is 24.3 Å². The Hall–Kier alpha value is -5.61. The van der Waals surface area contributed by atoms with Gasteiger partial charge in [-0.3, -0.25) is 4.79 Å². The van der Waals surface area contributed by atoms with Crippen LogP contribution in [0.2, 0.25) is 10.0 Å². The molecule has 2 heterocycles. The first-order valence-electron chi connectivity index (χ1n) is 21.3. The molecule has 4 aromatic carbocycles. The molecular weight excluding hydrogens is 942 g/mol. The maximum Gasteiger partial charge on any atom is 0.400 e. The Morgan fingerprint density at radius 1 is 0.574 bits per heavy atom. The van der Waals surface area contributed by atoms with E-state index < -0.39 is 17.4 Å². The summed E-state index contributed by atoms with van der Waals surface area (Å²) in [6.07, 6.45) is -4.79. The average Bonchev–Trinajstić information content (AvgIpc) is 3.29. The number of hydrogen-bond acceptors (Lipinski definition) is 12. The molecule has 0 aliphatic heterocycles. The Bertz CT molecular complexity index is 2640. The number of carbonyl (C=O) groups is 1. The van der Waals surface area contributed by atoms with Gasteiger partial charge in [-0.05, 0) is 115 Å². The van der Waals surface area contributed by atoms with E-state index >= 15 is 0 Å². The fourth-order valence-corrected chi connectivity index (χ4v) is 6.30. The highest BCUT2D eigenvalue weighted by Gasteiger charge is 2.52. The second-order valence-corrected chi connectivity index (χ2v) is 19.4. The highest BCUT2D eigenvalue weighted by molar-refractivity contribution is 6.33. The zero-order valence-corrected chi connectivity index (χ0v) is 42.0. The molecular formula is C50H57Cl3F3N7O5. The molecule has 0 spiro atoms. The Balaban J connectivity index is 0.000000302. The Morgan fingerprint density at radius 3 is 1.32 bits per heavy atom. The number of aryl methyl sites for hydroxylation is 1. The molecule has 0 aliphatic rings. The van der Waals surface area contributed by atoms with Gasteiger partial charge in [-0.15, -0.1) is 12.4 Å². The number of nitrogens with two attached hydrogens (primary N) is 1. The van der Waals surface area contributed by atoms with Crippen LogP contribution in [0.25, 0.3) is 45.6 Å². The summed E-state index contributed by atoms with van der Waals surface area (Å²) in [7, 11) is 2.95. The number of ketones is 1. The number of halogens is 6. The first-order chi connectivity index (χ1) is 31.4. The van der Waals surface area contributed by atoms with Crippen LogP contribution >= 0.6 is 35.6 Å². The van der Waals surface area contributed by atoms with E-state index in [4.69, 9.17) is 47.9 Å². The summed E-state index contributed by atoms with van der Waals surface area (Å²) in [6, 6.07) is 25.7. The molecule has 2 aromatic heterocycles.